The molecule has 0 saturated carbocycles. The molecule has 1 saturated heterocycles. The highest BCUT2D eigenvalue weighted by molar-refractivity contribution is 8.18. The number of carbonyl (C=O) groups excluding carboxylic acids is 2. The highest BCUT2D eigenvalue weighted by atomic mass is 32.2. The number of halogens is 1. The van der Waals surface area contributed by atoms with Crippen LogP contribution in [0.25, 0.3) is 6.08 Å². The summed E-state index contributed by atoms with van der Waals surface area (Å²) < 4.78 is 29.4. The maximum absolute atomic E-state index is 13.4. The van der Waals surface area contributed by atoms with Crippen LogP contribution in [0.2, 0.25) is 0 Å². The van der Waals surface area contributed by atoms with Gasteiger partial charge in [-0.25, -0.2) is 14.2 Å². The van der Waals surface area contributed by atoms with Crippen LogP contribution in [0.3, 0.4) is 0 Å². The highest BCUT2D eigenvalue weighted by Crippen LogP contribution is 2.35. The number of carbonyl (C=O) groups is 2. The summed E-state index contributed by atoms with van der Waals surface area (Å²) in [5.41, 5.74) is 2.47. The summed E-state index contributed by atoms with van der Waals surface area (Å²) in [6.07, 6.45) is 1.76. The average molecular weight is 507 g/mol. The molecule has 9 heteroatoms. The zero-order valence-corrected chi connectivity index (χ0v) is 20.7. The van der Waals surface area contributed by atoms with Gasteiger partial charge in [0.1, 0.15) is 12.4 Å². The van der Waals surface area contributed by atoms with E-state index in [0.29, 0.717) is 38.4 Å². The number of hydrogen-bond acceptors (Lipinski definition) is 7. The van der Waals surface area contributed by atoms with Crippen molar-refractivity contribution in [2.45, 2.75) is 6.61 Å². The van der Waals surface area contributed by atoms with Crippen molar-refractivity contribution in [2.75, 3.05) is 21.3 Å². The number of thioether (sulfide) groups is 1. The molecule has 0 atom stereocenters. The molecule has 4 rings (SSSR count). The van der Waals surface area contributed by atoms with E-state index in [4.69, 9.17) is 14.2 Å². The van der Waals surface area contributed by atoms with Gasteiger partial charge in [-0.15, -0.1) is 0 Å². The maximum atomic E-state index is 13.4. The molecule has 1 fully saturated rings. The molecule has 3 aromatic rings. The number of ether oxygens (including phenoxy) is 3. The van der Waals surface area contributed by atoms with Crippen LogP contribution in [0.1, 0.15) is 21.5 Å². The molecule has 7 nitrogen and oxygen atoms in total. The largest absolute Gasteiger partial charge is 0.493 e. The van der Waals surface area contributed by atoms with Crippen molar-refractivity contribution in [1.82, 2.24) is 4.90 Å². The molecule has 3 aromatic carbocycles. The molecule has 1 aliphatic rings. The number of amidine groups is 1. The van der Waals surface area contributed by atoms with E-state index < -0.39 is 5.97 Å². The number of likely N-dealkylation sites (N-methyl/N-ethyl adjacent to an activating group) is 1. The Morgan fingerprint density at radius 2 is 1.83 bits per heavy atom. The van der Waals surface area contributed by atoms with E-state index >= 15 is 0 Å². The lowest BCUT2D eigenvalue weighted by Crippen LogP contribution is -2.23. The molecule has 0 spiro atoms. The molecule has 36 heavy (non-hydrogen) atoms. The Morgan fingerprint density at radius 1 is 1.06 bits per heavy atom. The van der Waals surface area contributed by atoms with Crippen molar-refractivity contribution in [1.29, 1.82) is 0 Å². The number of methoxy groups -OCH3 is 2. The zero-order chi connectivity index (χ0) is 25.7. The van der Waals surface area contributed by atoms with Crippen LogP contribution in [-0.2, 0) is 16.1 Å². The fraction of sp³-hybridized carbons (Fsp3) is 0.148. The van der Waals surface area contributed by atoms with Gasteiger partial charge in [-0.3, -0.25) is 9.69 Å². The van der Waals surface area contributed by atoms with Gasteiger partial charge in [-0.2, -0.15) is 0 Å². The van der Waals surface area contributed by atoms with Crippen LogP contribution < -0.4 is 9.47 Å². The quantitative estimate of drug-likeness (QED) is 0.314. The van der Waals surface area contributed by atoms with Gasteiger partial charge in [0.25, 0.3) is 5.91 Å². The standard InChI is InChI=1S/C27H23FN2O5S/c1-30-25(31)24(36-27(30)29-21-10-8-19(9-11-21)26(32)34-3)15-17-7-12-22(23(14-17)33-2)35-16-18-5-4-6-20(28)13-18/h4-15H,16H2,1-3H3. The van der Waals surface area contributed by atoms with Crippen molar-refractivity contribution in [3.05, 3.63) is 94.1 Å². The Hall–Kier alpha value is -4.11. The first-order chi connectivity index (χ1) is 17.4. The second kappa shape index (κ2) is 11.1. The lowest BCUT2D eigenvalue weighted by molar-refractivity contribution is -0.121. The van der Waals surface area contributed by atoms with Crippen molar-refractivity contribution in [3.8, 4) is 11.5 Å². The van der Waals surface area contributed by atoms with Crippen molar-refractivity contribution >= 4 is 40.6 Å². The molecule has 1 aliphatic heterocycles. The molecule has 1 amide bonds. The minimum absolute atomic E-state index is 0.185. The first-order valence-electron chi connectivity index (χ1n) is 10.9. The second-order valence-corrected chi connectivity index (χ2v) is 8.75. The normalized spacial score (nSPS) is 15.4. The number of hydrogen-bond donors (Lipinski definition) is 0. The molecule has 0 unspecified atom stereocenters. The molecule has 0 aromatic heterocycles. The third-order valence-electron chi connectivity index (χ3n) is 5.29. The Labute approximate surface area is 212 Å². The first-order valence-corrected chi connectivity index (χ1v) is 11.7. The molecule has 0 N–H and O–H groups in total. The van der Waals surface area contributed by atoms with Gasteiger partial charge in [0.05, 0.1) is 30.4 Å². The molecule has 0 bridgehead atoms. The Morgan fingerprint density at radius 3 is 2.53 bits per heavy atom. The Balaban J connectivity index is 1.50. The molecular weight excluding hydrogens is 483 g/mol. The minimum atomic E-state index is -0.428. The number of esters is 1. The van der Waals surface area contributed by atoms with Gasteiger partial charge < -0.3 is 14.2 Å². The number of nitrogens with zero attached hydrogens (tertiary/aromatic N) is 2. The lowest BCUT2D eigenvalue weighted by Gasteiger charge is -2.11. The van der Waals surface area contributed by atoms with Crippen LogP contribution >= 0.6 is 11.8 Å². The summed E-state index contributed by atoms with van der Waals surface area (Å²) >= 11 is 1.25. The fourth-order valence-corrected chi connectivity index (χ4v) is 4.37. The number of amides is 1. The topological polar surface area (TPSA) is 77.4 Å². The van der Waals surface area contributed by atoms with Crippen molar-refractivity contribution in [3.63, 3.8) is 0 Å². The summed E-state index contributed by atoms with van der Waals surface area (Å²) in [7, 11) is 4.51. The predicted octanol–water partition coefficient (Wildman–Crippen LogP) is 5.43. The molecule has 184 valence electrons. The number of benzene rings is 3. The Kier molecular flexibility index (Phi) is 7.70. The minimum Gasteiger partial charge on any atom is -0.493 e. The van der Waals surface area contributed by atoms with E-state index in [-0.39, 0.29) is 18.3 Å². The third-order valence-corrected chi connectivity index (χ3v) is 6.35. The first kappa shape index (κ1) is 25.0. The predicted molar refractivity (Wildman–Crippen MR) is 137 cm³/mol. The van der Waals surface area contributed by atoms with E-state index in [1.807, 2.05) is 6.07 Å². The van der Waals surface area contributed by atoms with Crippen molar-refractivity contribution < 1.29 is 28.2 Å². The summed E-state index contributed by atoms with van der Waals surface area (Å²) in [6, 6.07) is 18.1. The molecule has 1 heterocycles. The van der Waals surface area contributed by atoms with Crippen LogP contribution in [0, 0.1) is 5.82 Å². The fourth-order valence-electron chi connectivity index (χ4n) is 3.38. The summed E-state index contributed by atoms with van der Waals surface area (Å²) in [5.74, 6) is 0.0566. The zero-order valence-electron chi connectivity index (χ0n) is 19.9. The summed E-state index contributed by atoms with van der Waals surface area (Å²) in [5, 5.41) is 0.513. The van der Waals surface area contributed by atoms with Crippen LogP contribution in [-0.4, -0.2) is 43.2 Å². The molecular formula is C27H23FN2O5S. The van der Waals surface area contributed by atoms with Crippen LogP contribution in [0.15, 0.2) is 76.6 Å². The van der Waals surface area contributed by atoms with Gasteiger partial charge in [-0.05, 0) is 77.5 Å². The second-order valence-electron chi connectivity index (χ2n) is 7.74. The van der Waals surface area contributed by atoms with E-state index in [1.165, 1.54) is 43.0 Å². The van der Waals surface area contributed by atoms with Gasteiger partial charge in [0, 0.05) is 7.05 Å². The average Bonchev–Trinajstić information content (AvgIpc) is 3.15. The third kappa shape index (κ3) is 5.75. The van der Waals surface area contributed by atoms with Crippen molar-refractivity contribution in [2.24, 2.45) is 4.99 Å². The SMILES string of the molecule is COC(=O)c1ccc(N=C2SC(=Cc3ccc(OCc4cccc(F)c4)c(OC)c3)C(=O)N2C)cc1. The molecule has 0 aliphatic carbocycles. The smallest absolute Gasteiger partial charge is 0.337 e. The number of rotatable bonds is 7. The lowest BCUT2D eigenvalue weighted by atomic mass is 10.1. The molecule has 0 radical (unpaired) electrons. The summed E-state index contributed by atoms with van der Waals surface area (Å²) in [6.45, 7) is 0.189. The monoisotopic (exact) mass is 506 g/mol. The van der Waals surface area contributed by atoms with Gasteiger partial charge in [0.2, 0.25) is 0 Å². The van der Waals surface area contributed by atoms with E-state index in [9.17, 15) is 14.0 Å². The maximum Gasteiger partial charge on any atom is 0.337 e. The van der Waals surface area contributed by atoms with Gasteiger partial charge in [0.15, 0.2) is 16.7 Å². The van der Waals surface area contributed by atoms with Gasteiger partial charge >= 0.3 is 5.97 Å². The number of aliphatic imine (C=N–C) groups is 1. The van der Waals surface area contributed by atoms with E-state index in [2.05, 4.69) is 4.99 Å². The Bertz CT molecular complexity index is 1350. The summed E-state index contributed by atoms with van der Waals surface area (Å²) in [4.78, 5) is 30.9. The van der Waals surface area contributed by atoms with Crippen LogP contribution in [0.4, 0.5) is 10.1 Å². The highest BCUT2D eigenvalue weighted by Gasteiger charge is 2.30. The van der Waals surface area contributed by atoms with E-state index in [1.54, 1.807) is 61.7 Å². The van der Waals surface area contributed by atoms with Crippen LogP contribution in [0.5, 0.6) is 11.5 Å². The van der Waals surface area contributed by atoms with E-state index in [0.717, 1.165) is 5.56 Å². The van der Waals surface area contributed by atoms with Gasteiger partial charge in [-0.1, -0.05) is 18.2 Å².